The van der Waals surface area contributed by atoms with Crippen molar-refractivity contribution in [3.63, 3.8) is 0 Å². The number of benzene rings is 1. The lowest BCUT2D eigenvalue weighted by molar-refractivity contribution is -0.385. The highest BCUT2D eigenvalue weighted by molar-refractivity contribution is 5.43. The van der Waals surface area contributed by atoms with Gasteiger partial charge in [0.25, 0.3) is 5.69 Å². The van der Waals surface area contributed by atoms with Crippen molar-refractivity contribution in [2.75, 3.05) is 0 Å². The first-order valence-electron chi connectivity index (χ1n) is 6.07. The third-order valence-corrected chi connectivity index (χ3v) is 3.12. The zero-order valence-electron chi connectivity index (χ0n) is 10.9. The summed E-state index contributed by atoms with van der Waals surface area (Å²) in [7, 11) is 0. The van der Waals surface area contributed by atoms with Crippen LogP contribution in [0.1, 0.15) is 29.7 Å². The van der Waals surface area contributed by atoms with Crippen LogP contribution in [0.5, 0.6) is 0 Å². The molecule has 5 nitrogen and oxygen atoms in total. The summed E-state index contributed by atoms with van der Waals surface area (Å²) in [6.07, 6.45) is 3.30. The molecule has 0 radical (unpaired) electrons. The maximum absolute atomic E-state index is 10.9. The molecule has 1 aromatic carbocycles. The Morgan fingerprint density at radius 1 is 1.42 bits per heavy atom. The average molecular weight is 260 g/mol. The normalized spacial score (nSPS) is 12.3. The highest BCUT2D eigenvalue weighted by Gasteiger charge is 2.14. The van der Waals surface area contributed by atoms with E-state index in [1.165, 1.54) is 0 Å². The van der Waals surface area contributed by atoms with Gasteiger partial charge in [-0.3, -0.25) is 10.1 Å². The fraction of sp³-hybridized carbons (Fsp3) is 0.286. The molecule has 1 N–H and O–H groups in total. The predicted molar refractivity (Wildman–Crippen MR) is 71.8 cm³/mol. The van der Waals surface area contributed by atoms with Gasteiger partial charge in [0, 0.05) is 29.8 Å². The fourth-order valence-corrected chi connectivity index (χ4v) is 1.87. The third-order valence-electron chi connectivity index (χ3n) is 3.12. The van der Waals surface area contributed by atoms with E-state index >= 15 is 0 Å². The topological polar surface area (TPSA) is 68.3 Å². The highest BCUT2D eigenvalue weighted by atomic mass is 16.6. The fourth-order valence-electron chi connectivity index (χ4n) is 1.87. The number of hydrogen-bond donors (Lipinski definition) is 1. The maximum atomic E-state index is 10.9. The van der Waals surface area contributed by atoms with E-state index in [1.54, 1.807) is 31.6 Å². The first-order valence-corrected chi connectivity index (χ1v) is 6.07. The predicted octanol–water partition coefficient (Wildman–Crippen LogP) is 3.35. The van der Waals surface area contributed by atoms with Crippen molar-refractivity contribution in [2.24, 2.45) is 0 Å². The molecule has 0 fully saturated rings. The minimum absolute atomic E-state index is 0.0363. The van der Waals surface area contributed by atoms with Crippen LogP contribution in [0, 0.1) is 17.0 Å². The Balaban J connectivity index is 2.08. The van der Waals surface area contributed by atoms with Crippen LogP contribution in [0.3, 0.4) is 0 Å². The molecule has 0 bridgehead atoms. The molecule has 2 aromatic rings. The number of nitro groups is 1. The van der Waals surface area contributed by atoms with E-state index < -0.39 is 0 Å². The van der Waals surface area contributed by atoms with Gasteiger partial charge in [-0.25, -0.2) is 0 Å². The summed E-state index contributed by atoms with van der Waals surface area (Å²) in [5.41, 5.74) is 2.79. The molecule has 1 unspecified atom stereocenters. The first-order chi connectivity index (χ1) is 9.08. The zero-order valence-corrected chi connectivity index (χ0v) is 10.9. The van der Waals surface area contributed by atoms with Crippen LogP contribution >= 0.6 is 0 Å². The first kappa shape index (κ1) is 13.3. The van der Waals surface area contributed by atoms with Crippen LogP contribution < -0.4 is 5.32 Å². The molecular formula is C14H16N2O3. The number of aryl methyl sites for hydroxylation is 1. The van der Waals surface area contributed by atoms with Crippen LogP contribution in [0.4, 0.5) is 5.69 Å². The van der Waals surface area contributed by atoms with E-state index in [2.05, 4.69) is 5.32 Å². The minimum atomic E-state index is -0.346. The Morgan fingerprint density at radius 2 is 2.21 bits per heavy atom. The molecule has 0 aliphatic heterocycles. The van der Waals surface area contributed by atoms with Crippen molar-refractivity contribution >= 4 is 5.69 Å². The van der Waals surface area contributed by atoms with Crippen molar-refractivity contribution in [2.45, 2.75) is 26.4 Å². The largest absolute Gasteiger partial charge is 0.472 e. The van der Waals surface area contributed by atoms with Gasteiger partial charge >= 0.3 is 0 Å². The van der Waals surface area contributed by atoms with E-state index in [0.29, 0.717) is 12.1 Å². The minimum Gasteiger partial charge on any atom is -0.472 e. The van der Waals surface area contributed by atoms with Gasteiger partial charge in [-0.05, 0) is 25.5 Å². The number of hydrogen-bond acceptors (Lipinski definition) is 4. The summed E-state index contributed by atoms with van der Waals surface area (Å²) < 4.78 is 4.99. The Hall–Kier alpha value is -2.14. The molecule has 1 heterocycles. The van der Waals surface area contributed by atoms with Gasteiger partial charge in [-0.15, -0.1) is 0 Å². The summed E-state index contributed by atoms with van der Waals surface area (Å²) in [4.78, 5) is 10.6. The third kappa shape index (κ3) is 3.20. The van der Waals surface area contributed by atoms with Crippen molar-refractivity contribution in [3.05, 3.63) is 63.6 Å². The highest BCUT2D eigenvalue weighted by Crippen LogP contribution is 2.23. The molecule has 0 aliphatic carbocycles. The van der Waals surface area contributed by atoms with Gasteiger partial charge in [-0.1, -0.05) is 12.1 Å². The Morgan fingerprint density at radius 3 is 2.84 bits per heavy atom. The molecule has 1 atom stereocenters. The Labute approximate surface area is 111 Å². The second-order valence-corrected chi connectivity index (χ2v) is 4.54. The van der Waals surface area contributed by atoms with Crippen molar-refractivity contribution in [1.82, 2.24) is 5.32 Å². The Kier molecular flexibility index (Phi) is 3.97. The van der Waals surface area contributed by atoms with E-state index in [1.807, 2.05) is 19.1 Å². The van der Waals surface area contributed by atoms with E-state index in [-0.39, 0.29) is 16.7 Å². The van der Waals surface area contributed by atoms with Gasteiger partial charge in [0.05, 0.1) is 17.4 Å². The van der Waals surface area contributed by atoms with Gasteiger partial charge < -0.3 is 9.73 Å². The number of furan rings is 1. The lowest BCUT2D eigenvalue weighted by atomic mass is 10.0. The van der Waals surface area contributed by atoms with Gasteiger partial charge in [0.1, 0.15) is 0 Å². The molecule has 5 heteroatoms. The van der Waals surface area contributed by atoms with E-state index in [0.717, 1.165) is 11.1 Å². The van der Waals surface area contributed by atoms with Gasteiger partial charge in [0.2, 0.25) is 0 Å². The summed E-state index contributed by atoms with van der Waals surface area (Å²) >= 11 is 0. The molecule has 0 spiro atoms. The van der Waals surface area contributed by atoms with Crippen molar-refractivity contribution < 1.29 is 9.34 Å². The summed E-state index contributed by atoms with van der Waals surface area (Å²) in [5.74, 6) is 0. The van der Waals surface area contributed by atoms with Crippen LogP contribution in [-0.4, -0.2) is 4.92 Å². The number of nitrogens with one attached hydrogen (secondary N) is 1. The smallest absolute Gasteiger partial charge is 0.272 e. The van der Waals surface area contributed by atoms with Crippen LogP contribution in [0.25, 0.3) is 0 Å². The lowest BCUT2D eigenvalue weighted by Gasteiger charge is -2.13. The molecule has 0 aliphatic rings. The zero-order chi connectivity index (χ0) is 13.8. The molecule has 19 heavy (non-hydrogen) atoms. The standard InChI is InChI=1S/C14H16N2O3/c1-10-3-4-13(7-14(10)16(17)18)11(2)15-8-12-5-6-19-9-12/h3-7,9,11,15H,8H2,1-2H3. The molecule has 1 aromatic heterocycles. The van der Waals surface area contributed by atoms with E-state index in [4.69, 9.17) is 4.42 Å². The Bertz CT molecular complexity index is 564. The number of nitro benzene ring substituents is 1. The monoisotopic (exact) mass is 260 g/mol. The van der Waals surface area contributed by atoms with E-state index in [9.17, 15) is 10.1 Å². The van der Waals surface area contributed by atoms with Gasteiger partial charge in [-0.2, -0.15) is 0 Å². The van der Waals surface area contributed by atoms with Crippen molar-refractivity contribution in [3.8, 4) is 0 Å². The summed E-state index contributed by atoms with van der Waals surface area (Å²) in [6.45, 7) is 4.39. The lowest BCUT2D eigenvalue weighted by Crippen LogP contribution is -2.17. The summed E-state index contributed by atoms with van der Waals surface area (Å²) in [6, 6.07) is 7.24. The van der Waals surface area contributed by atoms with Crippen LogP contribution in [-0.2, 0) is 6.54 Å². The maximum Gasteiger partial charge on any atom is 0.272 e. The molecule has 100 valence electrons. The summed E-state index contributed by atoms with van der Waals surface area (Å²) in [5, 5.41) is 14.2. The molecule has 0 saturated carbocycles. The quantitative estimate of drug-likeness (QED) is 0.661. The second kappa shape index (κ2) is 5.67. The SMILES string of the molecule is Cc1ccc(C(C)NCc2ccoc2)cc1[N+](=O)[O-]. The van der Waals surface area contributed by atoms with Crippen LogP contribution in [0.2, 0.25) is 0 Å². The molecule has 0 saturated heterocycles. The van der Waals surface area contributed by atoms with Crippen LogP contribution in [0.15, 0.2) is 41.2 Å². The number of nitrogens with zero attached hydrogens (tertiary/aromatic N) is 1. The second-order valence-electron chi connectivity index (χ2n) is 4.54. The average Bonchev–Trinajstić information content (AvgIpc) is 2.89. The molecular weight excluding hydrogens is 244 g/mol. The van der Waals surface area contributed by atoms with Crippen molar-refractivity contribution in [1.29, 1.82) is 0 Å². The molecule has 2 rings (SSSR count). The molecule has 0 amide bonds. The van der Waals surface area contributed by atoms with Gasteiger partial charge in [0.15, 0.2) is 0 Å². The number of rotatable bonds is 5.